The van der Waals surface area contributed by atoms with Crippen molar-refractivity contribution < 1.29 is 52.0 Å². The van der Waals surface area contributed by atoms with Crippen molar-refractivity contribution in [3.63, 3.8) is 0 Å². The van der Waals surface area contributed by atoms with Crippen LogP contribution in [0.3, 0.4) is 0 Å². The average Bonchev–Trinajstić information content (AvgIpc) is 2.79. The van der Waals surface area contributed by atoms with E-state index in [4.69, 9.17) is 10.7 Å². The number of hydrogen-bond acceptors (Lipinski definition) is 5. The SMILES string of the molecule is CCN(CC)S(=O)(=O)c1cc(C(F)(F)F)ccc1F.CCNCC.O=S(=O)(Cl)c1cc(C(F)(F)F)ccc1F. The van der Waals surface area contributed by atoms with E-state index in [2.05, 4.69) is 19.2 Å². The minimum absolute atomic E-state index is 0.0501. The first-order valence-corrected chi connectivity index (χ1v) is 14.8. The average molecular weight is 635 g/mol. The first-order valence-electron chi connectivity index (χ1n) is 11.1. The molecule has 0 amide bonds. The number of nitrogens with one attached hydrogen (secondary N) is 1. The van der Waals surface area contributed by atoms with E-state index in [1.165, 1.54) is 13.8 Å². The van der Waals surface area contributed by atoms with E-state index in [1.807, 2.05) is 0 Å². The van der Waals surface area contributed by atoms with Crippen LogP contribution in [0, 0.1) is 11.6 Å². The molecule has 2 aromatic carbocycles. The van der Waals surface area contributed by atoms with Gasteiger partial charge in [0, 0.05) is 23.8 Å². The molecule has 0 bridgehead atoms. The summed E-state index contributed by atoms with van der Waals surface area (Å²) >= 11 is 0. The van der Waals surface area contributed by atoms with Crippen LogP contribution in [0.5, 0.6) is 0 Å². The summed E-state index contributed by atoms with van der Waals surface area (Å²) in [6.45, 7) is 9.53. The van der Waals surface area contributed by atoms with Gasteiger partial charge in [-0.25, -0.2) is 25.6 Å². The summed E-state index contributed by atoms with van der Waals surface area (Å²) in [7, 11) is -4.02. The van der Waals surface area contributed by atoms with Crippen LogP contribution in [-0.2, 0) is 31.4 Å². The lowest BCUT2D eigenvalue weighted by Gasteiger charge is -2.19. The van der Waals surface area contributed by atoms with Crippen LogP contribution in [-0.4, -0.2) is 47.3 Å². The van der Waals surface area contributed by atoms with Crippen molar-refractivity contribution in [3.8, 4) is 0 Å². The highest BCUT2D eigenvalue weighted by atomic mass is 35.7. The summed E-state index contributed by atoms with van der Waals surface area (Å²) in [5.74, 6) is -2.52. The fraction of sp³-hybridized carbons (Fsp3) is 0.455. The molecule has 0 saturated carbocycles. The van der Waals surface area contributed by atoms with Gasteiger partial charge in [-0.2, -0.15) is 30.6 Å². The monoisotopic (exact) mass is 634 g/mol. The Bertz CT molecular complexity index is 1280. The fourth-order valence-electron chi connectivity index (χ4n) is 2.70. The van der Waals surface area contributed by atoms with Gasteiger partial charge in [0.15, 0.2) is 0 Å². The number of alkyl halides is 6. The van der Waals surface area contributed by atoms with Crippen LogP contribution in [0.1, 0.15) is 38.8 Å². The molecule has 0 aliphatic carbocycles. The number of rotatable bonds is 7. The second kappa shape index (κ2) is 15.1. The van der Waals surface area contributed by atoms with Gasteiger partial charge in [0.2, 0.25) is 10.0 Å². The van der Waals surface area contributed by atoms with Gasteiger partial charge in [-0.15, -0.1) is 0 Å². The van der Waals surface area contributed by atoms with Crippen LogP contribution in [0.25, 0.3) is 0 Å². The summed E-state index contributed by atoms with van der Waals surface area (Å²) in [5, 5.41) is 3.11. The highest BCUT2D eigenvalue weighted by Gasteiger charge is 2.34. The largest absolute Gasteiger partial charge is 0.416 e. The zero-order valence-corrected chi connectivity index (χ0v) is 23.5. The van der Waals surface area contributed by atoms with Crippen LogP contribution >= 0.6 is 10.7 Å². The first kappa shape index (κ1) is 37.0. The second-order valence-corrected chi connectivity index (χ2v) is 11.7. The van der Waals surface area contributed by atoms with Crippen molar-refractivity contribution in [3.05, 3.63) is 59.2 Å². The number of halogens is 9. The lowest BCUT2D eigenvalue weighted by Crippen LogP contribution is -2.31. The lowest BCUT2D eigenvalue weighted by atomic mass is 10.2. The quantitative estimate of drug-likeness (QED) is 0.287. The van der Waals surface area contributed by atoms with E-state index in [-0.39, 0.29) is 19.2 Å². The molecule has 0 aliphatic heterocycles. The minimum Gasteiger partial charge on any atom is -0.317 e. The molecular formula is C22H27ClF8N2O4S2. The van der Waals surface area contributed by atoms with Crippen LogP contribution in [0.4, 0.5) is 35.1 Å². The van der Waals surface area contributed by atoms with Crippen molar-refractivity contribution in [2.75, 3.05) is 26.2 Å². The number of sulfonamides is 1. The molecule has 2 aromatic rings. The summed E-state index contributed by atoms with van der Waals surface area (Å²) in [6.07, 6.45) is -9.47. The highest BCUT2D eigenvalue weighted by molar-refractivity contribution is 8.13. The van der Waals surface area contributed by atoms with E-state index >= 15 is 0 Å². The molecule has 0 atom stereocenters. The molecule has 1 N–H and O–H groups in total. The minimum atomic E-state index is -4.75. The Hall–Kier alpha value is -2.01. The Morgan fingerprint density at radius 2 is 1.08 bits per heavy atom. The molecule has 0 unspecified atom stereocenters. The Morgan fingerprint density at radius 3 is 1.36 bits per heavy atom. The van der Waals surface area contributed by atoms with Gasteiger partial charge in [0.05, 0.1) is 11.1 Å². The molecule has 0 fully saturated rings. The molecule has 17 heteroatoms. The van der Waals surface area contributed by atoms with Gasteiger partial charge >= 0.3 is 12.4 Å². The topological polar surface area (TPSA) is 83.6 Å². The number of benzene rings is 2. The maximum Gasteiger partial charge on any atom is 0.416 e. The van der Waals surface area contributed by atoms with E-state index in [0.29, 0.717) is 30.3 Å². The molecule has 224 valence electrons. The zero-order valence-electron chi connectivity index (χ0n) is 21.1. The normalized spacial score (nSPS) is 12.4. The molecule has 0 radical (unpaired) electrons. The summed E-state index contributed by atoms with van der Waals surface area (Å²) in [5.41, 5.74) is -2.47. The summed E-state index contributed by atoms with van der Waals surface area (Å²) < 4.78 is 147. The van der Waals surface area contributed by atoms with Crippen molar-refractivity contribution in [2.24, 2.45) is 0 Å². The fourth-order valence-corrected chi connectivity index (χ4v) is 5.17. The highest BCUT2D eigenvalue weighted by Crippen LogP contribution is 2.33. The van der Waals surface area contributed by atoms with Crippen molar-refractivity contribution in [1.82, 2.24) is 9.62 Å². The van der Waals surface area contributed by atoms with Gasteiger partial charge < -0.3 is 5.32 Å². The van der Waals surface area contributed by atoms with Gasteiger partial charge in [0.25, 0.3) is 9.05 Å². The van der Waals surface area contributed by atoms with Crippen molar-refractivity contribution in [1.29, 1.82) is 0 Å². The van der Waals surface area contributed by atoms with E-state index in [9.17, 15) is 52.0 Å². The van der Waals surface area contributed by atoms with Gasteiger partial charge in [0.1, 0.15) is 21.4 Å². The molecule has 6 nitrogen and oxygen atoms in total. The van der Waals surface area contributed by atoms with E-state index in [1.54, 1.807) is 0 Å². The molecule has 0 aromatic heterocycles. The number of hydrogen-bond donors (Lipinski definition) is 1. The molecule has 0 spiro atoms. The van der Waals surface area contributed by atoms with Crippen LogP contribution in [0.15, 0.2) is 46.2 Å². The third-order valence-electron chi connectivity index (χ3n) is 4.60. The Balaban J connectivity index is 0.000000643. The third kappa shape index (κ3) is 11.6. The predicted molar refractivity (Wildman–Crippen MR) is 130 cm³/mol. The Kier molecular flexibility index (Phi) is 14.3. The van der Waals surface area contributed by atoms with E-state index in [0.717, 1.165) is 17.4 Å². The molecule has 0 aliphatic rings. The molecule has 0 heterocycles. The van der Waals surface area contributed by atoms with Crippen molar-refractivity contribution >= 4 is 29.8 Å². The van der Waals surface area contributed by atoms with Crippen LogP contribution < -0.4 is 5.32 Å². The maximum atomic E-state index is 13.5. The standard InChI is InChI=1S/C11H13F4NO2S.C7H3ClF4O2S.C4H11N/c1-3-16(4-2)19(17,18)10-7-8(11(13,14)15)5-6-9(10)12;8-15(13,14)6-3-4(7(10,11)12)1-2-5(6)9;1-3-5-4-2/h5-7H,3-4H2,1-2H3;1-3H;5H,3-4H2,1-2H3. The zero-order chi connectivity index (χ0) is 30.8. The van der Waals surface area contributed by atoms with E-state index < -0.39 is 64.0 Å². The Labute approximate surface area is 226 Å². The predicted octanol–water partition coefficient (Wildman–Crippen LogP) is 6.26. The molecular weight excluding hydrogens is 608 g/mol. The molecule has 0 saturated heterocycles. The van der Waals surface area contributed by atoms with Crippen molar-refractivity contribution in [2.45, 2.75) is 49.8 Å². The molecule has 39 heavy (non-hydrogen) atoms. The summed E-state index contributed by atoms with van der Waals surface area (Å²) in [4.78, 5) is -2.13. The third-order valence-corrected chi connectivity index (χ3v) is 8.00. The van der Waals surface area contributed by atoms with Crippen LogP contribution in [0.2, 0.25) is 0 Å². The lowest BCUT2D eigenvalue weighted by molar-refractivity contribution is -0.138. The first-order chi connectivity index (χ1) is 17.7. The Morgan fingerprint density at radius 1 is 0.718 bits per heavy atom. The molecule has 2 rings (SSSR count). The summed E-state index contributed by atoms with van der Waals surface area (Å²) in [6, 6.07) is 2.33. The number of nitrogens with zero attached hydrogens (tertiary/aromatic N) is 1. The maximum absolute atomic E-state index is 13.5. The smallest absolute Gasteiger partial charge is 0.317 e. The van der Waals surface area contributed by atoms with Gasteiger partial charge in [-0.05, 0) is 49.5 Å². The van der Waals surface area contributed by atoms with Gasteiger partial charge in [-0.1, -0.05) is 27.7 Å². The van der Waals surface area contributed by atoms with Gasteiger partial charge in [-0.3, -0.25) is 0 Å². The second-order valence-electron chi connectivity index (χ2n) is 7.27.